The molecule has 1 aliphatic heterocycles. The van der Waals surface area contributed by atoms with Crippen LogP contribution in [-0.2, 0) is 10.2 Å². The first-order valence-electron chi connectivity index (χ1n) is 7.88. The molecule has 1 aromatic rings. The van der Waals surface area contributed by atoms with Crippen molar-refractivity contribution in [3.8, 4) is 0 Å². The Labute approximate surface area is 128 Å². The Balaban J connectivity index is 1.96. The van der Waals surface area contributed by atoms with E-state index in [0.29, 0.717) is 12.3 Å². The highest BCUT2D eigenvalue weighted by atomic mass is 16.3. The summed E-state index contributed by atoms with van der Waals surface area (Å²) in [6, 6.07) is 8.46. The lowest BCUT2D eigenvalue weighted by Gasteiger charge is -2.34. The van der Waals surface area contributed by atoms with Crippen molar-refractivity contribution >= 4 is 5.91 Å². The van der Waals surface area contributed by atoms with Crippen molar-refractivity contribution in [2.45, 2.75) is 45.4 Å². The van der Waals surface area contributed by atoms with Crippen LogP contribution < -0.4 is 0 Å². The Morgan fingerprint density at radius 3 is 2.33 bits per heavy atom. The van der Waals surface area contributed by atoms with Gasteiger partial charge in [-0.2, -0.15) is 0 Å². The number of aliphatic hydroxyl groups excluding tert-OH is 1. The number of aliphatic hydroxyl groups is 1. The van der Waals surface area contributed by atoms with Gasteiger partial charge in [-0.3, -0.25) is 4.79 Å². The lowest BCUT2D eigenvalue weighted by atomic mass is 9.80. The molecule has 0 saturated carbocycles. The average Bonchev–Trinajstić information content (AvgIpc) is 2.47. The van der Waals surface area contributed by atoms with Gasteiger partial charge in [-0.1, -0.05) is 43.7 Å². The van der Waals surface area contributed by atoms with E-state index >= 15 is 0 Å². The number of likely N-dealkylation sites (tertiary alicyclic amines) is 1. The number of hydrogen-bond acceptors (Lipinski definition) is 2. The van der Waals surface area contributed by atoms with Gasteiger partial charge in [0.15, 0.2) is 0 Å². The predicted molar refractivity (Wildman–Crippen MR) is 85.2 cm³/mol. The fourth-order valence-corrected chi connectivity index (χ4v) is 2.96. The van der Waals surface area contributed by atoms with Crippen LogP contribution in [0.3, 0.4) is 0 Å². The van der Waals surface area contributed by atoms with Gasteiger partial charge in [0.05, 0.1) is 0 Å². The molecule has 0 aliphatic carbocycles. The summed E-state index contributed by atoms with van der Waals surface area (Å²) in [5.41, 5.74) is 2.32. The van der Waals surface area contributed by atoms with E-state index in [1.807, 2.05) is 4.90 Å². The molecule has 3 heteroatoms. The highest BCUT2D eigenvalue weighted by Crippen LogP contribution is 2.29. The zero-order valence-electron chi connectivity index (χ0n) is 13.4. The zero-order valence-corrected chi connectivity index (χ0v) is 13.4. The van der Waals surface area contributed by atoms with Gasteiger partial charge in [0.25, 0.3) is 0 Å². The summed E-state index contributed by atoms with van der Waals surface area (Å²) >= 11 is 0. The molecular weight excluding hydrogens is 262 g/mol. The lowest BCUT2D eigenvalue weighted by molar-refractivity contribution is -0.133. The lowest BCUT2D eigenvalue weighted by Crippen LogP contribution is -2.41. The summed E-state index contributed by atoms with van der Waals surface area (Å²) < 4.78 is 0. The third-order valence-corrected chi connectivity index (χ3v) is 4.65. The molecule has 1 saturated heterocycles. The summed E-state index contributed by atoms with van der Waals surface area (Å²) in [5.74, 6) is 0.608. The monoisotopic (exact) mass is 289 g/mol. The molecule has 0 spiro atoms. The summed E-state index contributed by atoms with van der Waals surface area (Å²) in [5, 5.41) is 9.17. The second kappa shape index (κ2) is 6.61. The molecule has 1 fully saturated rings. The number of rotatable bonds is 4. The number of carbonyl (C=O) groups is 1. The first-order chi connectivity index (χ1) is 9.92. The second-order valence-electron chi connectivity index (χ2n) is 6.93. The SMILES string of the molecule is Cc1ccc(C(C)(C)CC(=O)N2CCC(CO)CC2)cc1. The third kappa shape index (κ3) is 4.07. The molecule has 1 heterocycles. The van der Waals surface area contributed by atoms with Crippen LogP contribution in [0.25, 0.3) is 0 Å². The zero-order chi connectivity index (χ0) is 15.5. The minimum Gasteiger partial charge on any atom is -0.396 e. The highest BCUT2D eigenvalue weighted by Gasteiger charge is 2.29. The highest BCUT2D eigenvalue weighted by molar-refractivity contribution is 5.77. The van der Waals surface area contributed by atoms with E-state index in [-0.39, 0.29) is 17.9 Å². The van der Waals surface area contributed by atoms with E-state index < -0.39 is 0 Å². The molecule has 21 heavy (non-hydrogen) atoms. The Kier molecular flexibility index (Phi) is 5.04. The number of hydrogen-bond donors (Lipinski definition) is 1. The van der Waals surface area contributed by atoms with Crippen LogP contribution in [0.1, 0.15) is 44.2 Å². The van der Waals surface area contributed by atoms with E-state index in [2.05, 4.69) is 45.0 Å². The molecule has 0 atom stereocenters. The molecule has 0 unspecified atom stereocenters. The maximum atomic E-state index is 12.5. The quantitative estimate of drug-likeness (QED) is 0.926. The summed E-state index contributed by atoms with van der Waals surface area (Å²) in [6.45, 7) is 8.16. The van der Waals surface area contributed by atoms with E-state index in [1.54, 1.807) is 0 Å². The fraction of sp³-hybridized carbons (Fsp3) is 0.611. The van der Waals surface area contributed by atoms with Crippen molar-refractivity contribution in [3.63, 3.8) is 0 Å². The minimum atomic E-state index is -0.140. The number of nitrogens with zero attached hydrogens (tertiary/aromatic N) is 1. The molecule has 2 rings (SSSR count). The fourth-order valence-electron chi connectivity index (χ4n) is 2.96. The number of benzene rings is 1. The smallest absolute Gasteiger partial charge is 0.223 e. The van der Waals surface area contributed by atoms with Crippen LogP contribution >= 0.6 is 0 Å². The molecule has 1 N–H and O–H groups in total. The van der Waals surface area contributed by atoms with Crippen LogP contribution in [0.2, 0.25) is 0 Å². The van der Waals surface area contributed by atoms with Crippen LogP contribution in [0.4, 0.5) is 0 Å². The second-order valence-corrected chi connectivity index (χ2v) is 6.93. The van der Waals surface area contributed by atoms with Gasteiger partial charge in [0, 0.05) is 26.1 Å². The predicted octanol–water partition coefficient (Wildman–Crippen LogP) is 2.89. The maximum absolute atomic E-state index is 12.5. The number of piperidine rings is 1. The van der Waals surface area contributed by atoms with Crippen molar-refractivity contribution in [2.75, 3.05) is 19.7 Å². The molecule has 1 aliphatic rings. The van der Waals surface area contributed by atoms with Gasteiger partial charge < -0.3 is 10.0 Å². The molecule has 1 aromatic carbocycles. The maximum Gasteiger partial charge on any atom is 0.223 e. The van der Waals surface area contributed by atoms with E-state index in [4.69, 9.17) is 5.11 Å². The van der Waals surface area contributed by atoms with E-state index in [1.165, 1.54) is 11.1 Å². The molecular formula is C18H27NO2. The largest absolute Gasteiger partial charge is 0.396 e. The van der Waals surface area contributed by atoms with Crippen molar-refractivity contribution in [1.29, 1.82) is 0 Å². The Morgan fingerprint density at radius 2 is 1.81 bits per heavy atom. The third-order valence-electron chi connectivity index (χ3n) is 4.65. The molecule has 0 bridgehead atoms. The Morgan fingerprint density at radius 1 is 1.24 bits per heavy atom. The normalized spacial score (nSPS) is 17.0. The van der Waals surface area contributed by atoms with Crippen molar-refractivity contribution in [1.82, 2.24) is 4.90 Å². The molecule has 1 amide bonds. The van der Waals surface area contributed by atoms with Gasteiger partial charge in [0.2, 0.25) is 5.91 Å². The standard InChI is InChI=1S/C18H27NO2/c1-14-4-6-16(7-5-14)18(2,3)12-17(21)19-10-8-15(13-20)9-11-19/h4-7,15,20H,8-13H2,1-3H3. The Bertz CT molecular complexity index is 470. The number of carbonyl (C=O) groups excluding carboxylic acids is 1. The van der Waals surface area contributed by atoms with Crippen molar-refractivity contribution in [3.05, 3.63) is 35.4 Å². The van der Waals surface area contributed by atoms with Gasteiger partial charge in [-0.25, -0.2) is 0 Å². The first-order valence-corrected chi connectivity index (χ1v) is 7.88. The van der Waals surface area contributed by atoms with Crippen LogP contribution in [-0.4, -0.2) is 35.6 Å². The molecule has 0 aromatic heterocycles. The molecule has 3 nitrogen and oxygen atoms in total. The van der Waals surface area contributed by atoms with Gasteiger partial charge in [0.1, 0.15) is 0 Å². The van der Waals surface area contributed by atoms with Gasteiger partial charge >= 0.3 is 0 Å². The van der Waals surface area contributed by atoms with Crippen LogP contribution in [0, 0.1) is 12.8 Å². The topological polar surface area (TPSA) is 40.5 Å². The summed E-state index contributed by atoms with van der Waals surface area (Å²) in [7, 11) is 0. The van der Waals surface area contributed by atoms with Crippen LogP contribution in [0.15, 0.2) is 24.3 Å². The van der Waals surface area contributed by atoms with Crippen molar-refractivity contribution < 1.29 is 9.90 Å². The summed E-state index contributed by atoms with van der Waals surface area (Å²) in [4.78, 5) is 14.5. The Hall–Kier alpha value is -1.35. The number of amides is 1. The molecule has 0 radical (unpaired) electrons. The van der Waals surface area contributed by atoms with Gasteiger partial charge in [-0.05, 0) is 36.7 Å². The van der Waals surface area contributed by atoms with E-state index in [9.17, 15) is 4.79 Å². The first kappa shape index (κ1) is 16.0. The van der Waals surface area contributed by atoms with Gasteiger partial charge in [-0.15, -0.1) is 0 Å². The number of aryl methyl sites for hydroxylation is 1. The summed E-state index contributed by atoms with van der Waals surface area (Å²) in [6.07, 6.45) is 2.39. The van der Waals surface area contributed by atoms with Crippen molar-refractivity contribution in [2.24, 2.45) is 5.92 Å². The van der Waals surface area contributed by atoms with Crippen LogP contribution in [0.5, 0.6) is 0 Å². The molecule has 116 valence electrons. The minimum absolute atomic E-state index is 0.140. The average molecular weight is 289 g/mol. The van der Waals surface area contributed by atoms with E-state index in [0.717, 1.165) is 25.9 Å².